The Morgan fingerprint density at radius 2 is 2.38 bits per heavy atom. The molecule has 1 amide bonds. The van der Waals surface area contributed by atoms with Gasteiger partial charge >= 0.3 is 0 Å². The topological polar surface area (TPSA) is 58.9 Å². The molecule has 1 unspecified atom stereocenters. The second-order valence-corrected chi connectivity index (χ2v) is 5.85. The average Bonchev–Trinajstić information content (AvgIpc) is 2.97. The number of aromatic nitrogens is 2. The fourth-order valence-electron chi connectivity index (χ4n) is 2.86. The molecule has 0 saturated carbocycles. The minimum absolute atomic E-state index is 0.128. The molecule has 0 bridgehead atoms. The van der Waals surface area contributed by atoms with E-state index in [-0.39, 0.29) is 19.1 Å². The maximum Gasteiger partial charge on any atom is 0.251 e. The SMILES string of the molecule is Cc1cccn2cc(CNC(=O)C3COCCN3CC(F)F)nc12. The van der Waals surface area contributed by atoms with E-state index in [0.717, 1.165) is 16.9 Å². The number of alkyl halides is 2. The van der Waals surface area contributed by atoms with Gasteiger partial charge in [0.15, 0.2) is 0 Å². The Balaban J connectivity index is 1.63. The summed E-state index contributed by atoms with van der Waals surface area (Å²) in [5.74, 6) is -0.316. The van der Waals surface area contributed by atoms with E-state index >= 15 is 0 Å². The fourth-order valence-corrected chi connectivity index (χ4v) is 2.86. The molecule has 1 N–H and O–H groups in total. The molecule has 1 atom stereocenters. The quantitative estimate of drug-likeness (QED) is 0.891. The maximum atomic E-state index is 12.6. The van der Waals surface area contributed by atoms with Crippen LogP contribution in [-0.4, -0.2) is 59.0 Å². The van der Waals surface area contributed by atoms with Crippen molar-refractivity contribution < 1.29 is 18.3 Å². The van der Waals surface area contributed by atoms with Crippen LogP contribution in [0.4, 0.5) is 8.78 Å². The fraction of sp³-hybridized carbons (Fsp3) is 0.500. The molecule has 1 fully saturated rings. The Kier molecular flexibility index (Phi) is 5.06. The summed E-state index contributed by atoms with van der Waals surface area (Å²) in [6.07, 6.45) is 1.26. The van der Waals surface area contributed by atoms with Gasteiger partial charge in [-0.25, -0.2) is 13.8 Å². The smallest absolute Gasteiger partial charge is 0.251 e. The van der Waals surface area contributed by atoms with Crippen molar-refractivity contribution in [1.29, 1.82) is 0 Å². The van der Waals surface area contributed by atoms with E-state index in [4.69, 9.17) is 4.74 Å². The van der Waals surface area contributed by atoms with Crippen molar-refractivity contribution in [2.75, 3.05) is 26.3 Å². The number of aryl methyl sites for hydroxylation is 1. The van der Waals surface area contributed by atoms with E-state index in [9.17, 15) is 13.6 Å². The summed E-state index contributed by atoms with van der Waals surface area (Å²) in [7, 11) is 0. The zero-order valence-corrected chi connectivity index (χ0v) is 13.4. The summed E-state index contributed by atoms with van der Waals surface area (Å²) in [6.45, 7) is 2.61. The third-order valence-corrected chi connectivity index (χ3v) is 4.09. The second kappa shape index (κ2) is 7.23. The molecule has 1 aliphatic rings. The summed E-state index contributed by atoms with van der Waals surface area (Å²) >= 11 is 0. The molecule has 24 heavy (non-hydrogen) atoms. The lowest BCUT2D eigenvalue weighted by molar-refractivity contribution is -0.134. The number of ether oxygens (including phenoxy) is 1. The van der Waals surface area contributed by atoms with Crippen molar-refractivity contribution in [3.8, 4) is 0 Å². The molecule has 3 heterocycles. The minimum atomic E-state index is -2.47. The number of fused-ring (bicyclic) bond motifs is 1. The lowest BCUT2D eigenvalue weighted by atomic mass is 10.2. The van der Waals surface area contributed by atoms with Crippen LogP contribution in [-0.2, 0) is 16.1 Å². The Morgan fingerprint density at radius 1 is 1.54 bits per heavy atom. The molecule has 130 valence electrons. The van der Waals surface area contributed by atoms with Crippen LogP contribution in [0.5, 0.6) is 0 Å². The van der Waals surface area contributed by atoms with Gasteiger partial charge in [-0.05, 0) is 18.6 Å². The van der Waals surface area contributed by atoms with Crippen molar-refractivity contribution >= 4 is 11.6 Å². The van der Waals surface area contributed by atoms with Crippen LogP contribution in [0.15, 0.2) is 24.5 Å². The molecule has 0 spiro atoms. The number of nitrogens with zero attached hydrogens (tertiary/aromatic N) is 3. The monoisotopic (exact) mass is 338 g/mol. The van der Waals surface area contributed by atoms with Gasteiger partial charge in [-0.2, -0.15) is 0 Å². The van der Waals surface area contributed by atoms with Crippen LogP contribution >= 0.6 is 0 Å². The first-order valence-corrected chi connectivity index (χ1v) is 7.85. The highest BCUT2D eigenvalue weighted by atomic mass is 19.3. The van der Waals surface area contributed by atoms with E-state index in [1.165, 1.54) is 4.90 Å². The highest BCUT2D eigenvalue weighted by Crippen LogP contribution is 2.12. The predicted molar refractivity (Wildman–Crippen MR) is 84.0 cm³/mol. The number of pyridine rings is 1. The van der Waals surface area contributed by atoms with Gasteiger partial charge in [0.1, 0.15) is 11.7 Å². The number of carbonyl (C=O) groups is 1. The van der Waals surface area contributed by atoms with Crippen LogP contribution in [0.1, 0.15) is 11.3 Å². The van der Waals surface area contributed by atoms with Gasteiger partial charge in [-0.15, -0.1) is 0 Å². The standard InChI is InChI=1S/C16H20F2N4O2/c1-11-3-2-4-22-8-12(20-15(11)22)7-19-16(23)13-10-24-6-5-21(13)9-14(17)18/h2-4,8,13-14H,5-7,9-10H2,1H3,(H,19,23). The molecular formula is C16H20F2N4O2. The first kappa shape index (κ1) is 16.8. The molecule has 2 aromatic rings. The van der Waals surface area contributed by atoms with E-state index < -0.39 is 19.0 Å². The van der Waals surface area contributed by atoms with Gasteiger partial charge in [-0.1, -0.05) is 6.07 Å². The number of morpholine rings is 1. The number of imidazole rings is 1. The summed E-state index contributed by atoms with van der Waals surface area (Å²) in [5.41, 5.74) is 2.59. The third kappa shape index (κ3) is 3.70. The van der Waals surface area contributed by atoms with Crippen molar-refractivity contribution in [1.82, 2.24) is 19.6 Å². The summed E-state index contributed by atoms with van der Waals surface area (Å²) in [6, 6.07) is 3.20. The van der Waals surface area contributed by atoms with Crippen LogP contribution < -0.4 is 5.32 Å². The van der Waals surface area contributed by atoms with Crippen molar-refractivity contribution in [3.63, 3.8) is 0 Å². The first-order chi connectivity index (χ1) is 11.5. The molecule has 8 heteroatoms. The summed E-state index contributed by atoms with van der Waals surface area (Å²) in [4.78, 5) is 18.3. The van der Waals surface area contributed by atoms with Crippen molar-refractivity contribution in [2.45, 2.75) is 25.9 Å². The van der Waals surface area contributed by atoms with Crippen LogP contribution in [0.2, 0.25) is 0 Å². The molecule has 6 nitrogen and oxygen atoms in total. The molecule has 0 radical (unpaired) electrons. The van der Waals surface area contributed by atoms with Crippen molar-refractivity contribution in [3.05, 3.63) is 35.8 Å². The van der Waals surface area contributed by atoms with Crippen LogP contribution in [0.3, 0.4) is 0 Å². The third-order valence-electron chi connectivity index (χ3n) is 4.09. The van der Waals surface area contributed by atoms with E-state index in [2.05, 4.69) is 10.3 Å². The van der Waals surface area contributed by atoms with Crippen molar-refractivity contribution in [2.24, 2.45) is 0 Å². The maximum absolute atomic E-state index is 12.6. The summed E-state index contributed by atoms with van der Waals surface area (Å²) in [5, 5.41) is 2.77. The second-order valence-electron chi connectivity index (χ2n) is 5.85. The Hall–Kier alpha value is -2.06. The summed E-state index contributed by atoms with van der Waals surface area (Å²) < 4.78 is 32.4. The Bertz CT molecular complexity index is 719. The molecule has 2 aromatic heterocycles. The molecule has 1 saturated heterocycles. The molecule has 3 rings (SSSR count). The Morgan fingerprint density at radius 3 is 3.12 bits per heavy atom. The van der Waals surface area contributed by atoms with E-state index in [1.807, 2.05) is 35.9 Å². The zero-order chi connectivity index (χ0) is 17.1. The lowest BCUT2D eigenvalue weighted by Crippen LogP contribution is -2.54. The number of nitrogens with one attached hydrogen (secondary N) is 1. The average molecular weight is 338 g/mol. The Labute approximate surface area is 138 Å². The highest BCUT2D eigenvalue weighted by Gasteiger charge is 2.31. The number of halogens is 2. The largest absolute Gasteiger partial charge is 0.378 e. The minimum Gasteiger partial charge on any atom is -0.378 e. The van der Waals surface area contributed by atoms with Gasteiger partial charge in [0.2, 0.25) is 5.91 Å². The van der Waals surface area contributed by atoms with Gasteiger partial charge in [0.25, 0.3) is 6.43 Å². The molecule has 0 aromatic carbocycles. The van der Waals surface area contributed by atoms with E-state index in [1.54, 1.807) is 0 Å². The molecule has 0 aliphatic carbocycles. The van der Waals surface area contributed by atoms with Crippen LogP contribution in [0, 0.1) is 6.92 Å². The predicted octanol–water partition coefficient (Wildman–Crippen LogP) is 1.22. The van der Waals surface area contributed by atoms with Crippen LogP contribution in [0.25, 0.3) is 5.65 Å². The normalized spacial score (nSPS) is 19.1. The number of amides is 1. The number of rotatable bonds is 5. The number of carbonyl (C=O) groups excluding carboxylic acids is 1. The van der Waals surface area contributed by atoms with Gasteiger partial charge < -0.3 is 14.5 Å². The number of hydrogen-bond donors (Lipinski definition) is 1. The van der Waals surface area contributed by atoms with Gasteiger partial charge in [0.05, 0.1) is 32.0 Å². The molecule has 1 aliphatic heterocycles. The lowest BCUT2D eigenvalue weighted by Gasteiger charge is -2.34. The highest BCUT2D eigenvalue weighted by molar-refractivity contribution is 5.82. The van der Waals surface area contributed by atoms with Gasteiger partial charge in [-0.3, -0.25) is 9.69 Å². The first-order valence-electron chi connectivity index (χ1n) is 7.85. The molecular weight excluding hydrogens is 318 g/mol. The number of hydrogen-bond acceptors (Lipinski definition) is 4. The van der Waals surface area contributed by atoms with E-state index in [0.29, 0.717) is 13.2 Å². The van der Waals surface area contributed by atoms with Gasteiger partial charge in [0, 0.05) is 18.9 Å². The zero-order valence-electron chi connectivity index (χ0n) is 13.4.